The molecular formula is C14H20N2O4. The molecule has 1 heterocycles. The van der Waals surface area contributed by atoms with Crippen LogP contribution in [-0.2, 0) is 19.1 Å². The number of rotatable bonds is 5. The van der Waals surface area contributed by atoms with E-state index in [0.29, 0.717) is 11.3 Å². The highest BCUT2D eigenvalue weighted by molar-refractivity contribution is 6.18. The molecule has 0 unspecified atom stereocenters. The van der Waals surface area contributed by atoms with Crippen molar-refractivity contribution in [1.82, 2.24) is 9.80 Å². The molecule has 6 nitrogen and oxygen atoms in total. The Labute approximate surface area is 118 Å². The number of hydrogen-bond acceptors (Lipinski definition) is 6. The van der Waals surface area contributed by atoms with Gasteiger partial charge in [-0.2, -0.15) is 0 Å². The Morgan fingerprint density at radius 1 is 1.25 bits per heavy atom. The van der Waals surface area contributed by atoms with Crippen LogP contribution in [-0.4, -0.2) is 56.5 Å². The van der Waals surface area contributed by atoms with E-state index in [4.69, 9.17) is 9.47 Å². The third-order valence-electron chi connectivity index (χ3n) is 2.34. The average molecular weight is 280 g/mol. The summed E-state index contributed by atoms with van der Waals surface area (Å²) in [6.45, 7) is 1.89. The zero-order valence-corrected chi connectivity index (χ0v) is 12.5. The van der Waals surface area contributed by atoms with Gasteiger partial charge in [-0.1, -0.05) is 0 Å². The van der Waals surface area contributed by atoms with Gasteiger partial charge in [-0.3, -0.25) is 0 Å². The van der Waals surface area contributed by atoms with E-state index in [-0.39, 0.29) is 12.2 Å². The van der Waals surface area contributed by atoms with E-state index in [1.807, 2.05) is 14.1 Å². The van der Waals surface area contributed by atoms with Gasteiger partial charge in [-0.25, -0.2) is 9.59 Å². The van der Waals surface area contributed by atoms with Crippen LogP contribution in [0.5, 0.6) is 0 Å². The fourth-order valence-corrected chi connectivity index (χ4v) is 1.56. The summed E-state index contributed by atoms with van der Waals surface area (Å²) >= 11 is 0. The molecule has 0 atom stereocenters. The van der Waals surface area contributed by atoms with Crippen LogP contribution in [0.25, 0.3) is 0 Å². The largest absolute Gasteiger partial charge is 0.462 e. The van der Waals surface area contributed by atoms with Gasteiger partial charge in [0.25, 0.3) is 0 Å². The lowest BCUT2D eigenvalue weighted by Gasteiger charge is -2.08. The second-order valence-corrected chi connectivity index (χ2v) is 4.63. The second kappa shape index (κ2) is 6.79. The first kappa shape index (κ1) is 15.8. The molecule has 0 saturated carbocycles. The average Bonchev–Trinajstić information content (AvgIpc) is 2.62. The van der Waals surface area contributed by atoms with E-state index in [0.717, 1.165) is 0 Å². The Kier molecular flexibility index (Phi) is 5.37. The molecule has 0 spiro atoms. The van der Waals surface area contributed by atoms with Gasteiger partial charge in [-0.05, 0) is 19.2 Å². The molecule has 0 aliphatic carbocycles. The normalized spacial score (nSPS) is 16.9. The smallest absolute Gasteiger partial charge is 0.351 e. The zero-order chi connectivity index (χ0) is 15.3. The van der Waals surface area contributed by atoms with Gasteiger partial charge in [0.05, 0.1) is 6.61 Å². The van der Waals surface area contributed by atoms with Gasteiger partial charge in [-0.15, -0.1) is 0 Å². The first-order chi connectivity index (χ1) is 9.36. The quantitative estimate of drug-likeness (QED) is 0.550. The summed E-state index contributed by atoms with van der Waals surface area (Å²) in [6, 6.07) is 0. The van der Waals surface area contributed by atoms with Crippen molar-refractivity contribution in [1.29, 1.82) is 0 Å². The molecule has 0 radical (unpaired) electrons. The van der Waals surface area contributed by atoms with Crippen LogP contribution in [0, 0.1) is 0 Å². The SMILES string of the molecule is CCOC(=O)C1=C(/C=C/N(C)C)/C(=C\N(C)C)OC1=O. The summed E-state index contributed by atoms with van der Waals surface area (Å²) in [5.41, 5.74) is 0.355. The molecule has 0 amide bonds. The Hall–Kier alpha value is -2.24. The Bertz CT molecular complexity index is 487. The molecule has 110 valence electrons. The highest BCUT2D eigenvalue weighted by Crippen LogP contribution is 2.28. The van der Waals surface area contributed by atoms with Crippen LogP contribution in [0.4, 0.5) is 0 Å². The summed E-state index contributed by atoms with van der Waals surface area (Å²) in [6.07, 6.45) is 5.03. The highest BCUT2D eigenvalue weighted by atomic mass is 16.6. The van der Waals surface area contributed by atoms with Crippen LogP contribution in [0.2, 0.25) is 0 Å². The fraction of sp³-hybridized carbons (Fsp3) is 0.429. The highest BCUT2D eigenvalue weighted by Gasteiger charge is 2.34. The number of allylic oxidation sites excluding steroid dienone is 1. The number of nitrogens with zero attached hydrogens (tertiary/aromatic N) is 2. The summed E-state index contributed by atoms with van der Waals surface area (Å²) in [5, 5.41) is 0. The van der Waals surface area contributed by atoms with Crippen molar-refractivity contribution in [2.24, 2.45) is 0 Å². The fourth-order valence-electron chi connectivity index (χ4n) is 1.56. The molecule has 0 aromatic rings. The minimum Gasteiger partial charge on any atom is -0.462 e. The van der Waals surface area contributed by atoms with E-state index in [1.165, 1.54) is 0 Å². The molecular weight excluding hydrogens is 260 g/mol. The molecule has 0 saturated heterocycles. The van der Waals surface area contributed by atoms with Gasteiger partial charge in [0.1, 0.15) is 0 Å². The van der Waals surface area contributed by atoms with Crippen molar-refractivity contribution < 1.29 is 19.1 Å². The van der Waals surface area contributed by atoms with Gasteiger partial charge < -0.3 is 19.3 Å². The maximum atomic E-state index is 11.9. The first-order valence-electron chi connectivity index (χ1n) is 6.23. The summed E-state index contributed by atoms with van der Waals surface area (Å²) < 4.78 is 10.0. The molecule has 0 bridgehead atoms. The Morgan fingerprint density at radius 2 is 1.90 bits per heavy atom. The second-order valence-electron chi connectivity index (χ2n) is 4.63. The lowest BCUT2D eigenvalue weighted by atomic mass is 10.1. The van der Waals surface area contributed by atoms with E-state index in [2.05, 4.69) is 0 Å². The molecule has 1 rings (SSSR count). The van der Waals surface area contributed by atoms with Gasteiger partial charge in [0, 0.05) is 40.0 Å². The van der Waals surface area contributed by atoms with Crippen molar-refractivity contribution in [3.8, 4) is 0 Å². The number of ether oxygens (including phenoxy) is 2. The number of esters is 2. The Balaban J connectivity index is 3.27. The molecule has 20 heavy (non-hydrogen) atoms. The van der Waals surface area contributed by atoms with Gasteiger partial charge in [0.15, 0.2) is 11.3 Å². The molecule has 0 N–H and O–H groups in total. The van der Waals surface area contributed by atoms with Crippen LogP contribution in [0.1, 0.15) is 6.92 Å². The summed E-state index contributed by atoms with van der Waals surface area (Å²) in [7, 11) is 7.29. The topological polar surface area (TPSA) is 59.1 Å². The summed E-state index contributed by atoms with van der Waals surface area (Å²) in [5.74, 6) is -1.02. The molecule has 6 heteroatoms. The van der Waals surface area contributed by atoms with E-state index in [9.17, 15) is 9.59 Å². The minimum absolute atomic E-state index is 0.0713. The maximum absolute atomic E-state index is 11.9. The number of carbonyl (C=O) groups is 2. The molecule has 1 aliphatic rings. The van der Waals surface area contributed by atoms with E-state index < -0.39 is 11.9 Å². The number of carbonyl (C=O) groups excluding carboxylic acids is 2. The van der Waals surface area contributed by atoms with E-state index >= 15 is 0 Å². The summed E-state index contributed by atoms with van der Waals surface area (Å²) in [4.78, 5) is 27.3. The third-order valence-corrected chi connectivity index (χ3v) is 2.34. The zero-order valence-electron chi connectivity index (χ0n) is 12.5. The van der Waals surface area contributed by atoms with Gasteiger partial charge >= 0.3 is 11.9 Å². The monoisotopic (exact) mass is 280 g/mol. The van der Waals surface area contributed by atoms with Crippen LogP contribution in [0.3, 0.4) is 0 Å². The van der Waals surface area contributed by atoms with Crippen molar-refractivity contribution in [2.75, 3.05) is 34.8 Å². The van der Waals surface area contributed by atoms with Crippen molar-refractivity contribution in [2.45, 2.75) is 6.92 Å². The van der Waals surface area contributed by atoms with Crippen molar-refractivity contribution in [3.05, 3.63) is 35.4 Å². The molecule has 1 aliphatic heterocycles. The number of hydrogen-bond donors (Lipinski definition) is 0. The number of cyclic esters (lactones) is 1. The molecule has 0 fully saturated rings. The third kappa shape index (κ3) is 3.88. The van der Waals surface area contributed by atoms with Crippen LogP contribution < -0.4 is 0 Å². The Morgan fingerprint density at radius 3 is 2.40 bits per heavy atom. The van der Waals surface area contributed by atoms with Crippen LogP contribution >= 0.6 is 0 Å². The molecule has 0 aromatic carbocycles. The first-order valence-corrected chi connectivity index (χ1v) is 6.23. The van der Waals surface area contributed by atoms with Crippen molar-refractivity contribution in [3.63, 3.8) is 0 Å². The standard InChI is InChI=1S/C14H20N2O4/c1-6-19-13(17)12-10(7-8-15(2)3)11(9-16(4)5)20-14(12)18/h7-9H,6H2,1-5H3/b8-7+,11-9+. The maximum Gasteiger partial charge on any atom is 0.351 e. The minimum atomic E-state index is -0.685. The predicted molar refractivity (Wildman–Crippen MR) is 74.3 cm³/mol. The lowest BCUT2D eigenvalue weighted by Crippen LogP contribution is -2.14. The van der Waals surface area contributed by atoms with Crippen molar-refractivity contribution >= 4 is 11.9 Å². The van der Waals surface area contributed by atoms with Gasteiger partial charge in [0.2, 0.25) is 0 Å². The van der Waals surface area contributed by atoms with Crippen LogP contribution in [0.15, 0.2) is 35.4 Å². The predicted octanol–water partition coefficient (Wildman–Crippen LogP) is 0.881. The van der Waals surface area contributed by atoms with E-state index in [1.54, 1.807) is 49.3 Å². The lowest BCUT2D eigenvalue weighted by molar-refractivity contribution is -0.143. The molecule has 0 aromatic heterocycles.